The zero-order chi connectivity index (χ0) is 14.0. The summed E-state index contributed by atoms with van der Waals surface area (Å²) in [5.74, 6) is 0.146. The molecule has 1 saturated heterocycles. The highest BCUT2D eigenvalue weighted by Crippen LogP contribution is 2.60. The second-order valence-corrected chi connectivity index (χ2v) is 6.95. The van der Waals surface area contributed by atoms with Crippen molar-refractivity contribution in [2.45, 2.75) is 64.1 Å². The van der Waals surface area contributed by atoms with Crippen molar-refractivity contribution >= 4 is 0 Å². The minimum absolute atomic E-state index is 0.0927. The molecule has 7 atom stereocenters. The molecule has 3 rings (SSSR count). The second-order valence-electron chi connectivity index (χ2n) is 6.95. The summed E-state index contributed by atoms with van der Waals surface area (Å²) in [5, 5.41) is 30.6. The Morgan fingerprint density at radius 1 is 1.32 bits per heavy atom. The Hall–Kier alpha value is -0.420. The molecule has 4 nitrogen and oxygen atoms in total. The molecule has 2 fully saturated rings. The lowest BCUT2D eigenvalue weighted by Gasteiger charge is -2.53. The lowest BCUT2D eigenvalue weighted by molar-refractivity contribution is -0.167. The second kappa shape index (κ2) is 4.04. The molecule has 4 heteroatoms. The topological polar surface area (TPSA) is 69.9 Å². The van der Waals surface area contributed by atoms with E-state index >= 15 is 0 Å². The van der Waals surface area contributed by atoms with Crippen molar-refractivity contribution in [3.63, 3.8) is 0 Å². The summed E-state index contributed by atoms with van der Waals surface area (Å²) < 4.78 is 5.59. The zero-order valence-corrected chi connectivity index (χ0v) is 11.8. The normalized spacial score (nSPS) is 57.4. The first kappa shape index (κ1) is 13.6. The van der Waals surface area contributed by atoms with Gasteiger partial charge >= 0.3 is 0 Å². The van der Waals surface area contributed by atoms with Crippen molar-refractivity contribution < 1.29 is 20.1 Å². The maximum atomic E-state index is 10.7. The summed E-state index contributed by atoms with van der Waals surface area (Å²) in [6.45, 7) is 5.95. The first-order valence-electron chi connectivity index (χ1n) is 7.23. The Morgan fingerprint density at radius 2 is 2.00 bits per heavy atom. The van der Waals surface area contributed by atoms with Crippen LogP contribution in [0.25, 0.3) is 0 Å². The van der Waals surface area contributed by atoms with Crippen LogP contribution in [0.2, 0.25) is 0 Å². The fourth-order valence-electron chi connectivity index (χ4n) is 4.70. The van der Waals surface area contributed by atoms with Crippen LogP contribution in [-0.4, -0.2) is 39.4 Å². The van der Waals surface area contributed by atoms with E-state index < -0.39 is 11.9 Å². The third-order valence-corrected chi connectivity index (χ3v) is 5.85. The molecule has 0 radical (unpaired) electrons. The van der Waals surface area contributed by atoms with E-state index in [2.05, 4.69) is 13.8 Å². The van der Waals surface area contributed by atoms with Crippen LogP contribution in [-0.2, 0) is 4.74 Å². The number of aliphatic hydroxyl groups is 3. The standard InChI is InChI=1S/C15H24O4/c1-8-6-10(16)7-9-4-5-11-12(14(8,9)2)15(3,18)13(17)19-11/h7-8,10-13,16-18H,4-6H2,1-3H3/t8-,10-,11-,12-,13+,14+,15-/m0/s1. The van der Waals surface area contributed by atoms with Gasteiger partial charge in [0.15, 0.2) is 6.29 Å². The predicted octanol–water partition coefficient (Wildman–Crippen LogP) is 1.20. The van der Waals surface area contributed by atoms with Gasteiger partial charge in [-0.05, 0) is 37.5 Å². The van der Waals surface area contributed by atoms with Crippen LogP contribution in [0.1, 0.15) is 40.0 Å². The van der Waals surface area contributed by atoms with E-state index in [1.165, 1.54) is 5.57 Å². The van der Waals surface area contributed by atoms with E-state index in [0.29, 0.717) is 6.42 Å². The van der Waals surface area contributed by atoms with Crippen LogP contribution >= 0.6 is 0 Å². The number of fused-ring (bicyclic) bond motifs is 3. The Morgan fingerprint density at radius 3 is 2.68 bits per heavy atom. The van der Waals surface area contributed by atoms with Crippen LogP contribution in [0.3, 0.4) is 0 Å². The Balaban J connectivity index is 2.08. The molecule has 0 bridgehead atoms. The molecule has 108 valence electrons. The fraction of sp³-hybridized carbons (Fsp3) is 0.867. The average molecular weight is 268 g/mol. The lowest BCUT2D eigenvalue weighted by Crippen LogP contribution is -2.55. The molecule has 2 aliphatic carbocycles. The summed E-state index contributed by atoms with van der Waals surface area (Å²) in [7, 11) is 0. The highest BCUT2D eigenvalue weighted by Gasteiger charge is 2.63. The molecule has 0 amide bonds. The Bertz CT molecular complexity index is 416. The van der Waals surface area contributed by atoms with Gasteiger partial charge in [0.25, 0.3) is 0 Å². The molecule has 0 unspecified atom stereocenters. The van der Waals surface area contributed by atoms with Gasteiger partial charge in [-0.3, -0.25) is 0 Å². The van der Waals surface area contributed by atoms with E-state index in [1.807, 2.05) is 6.08 Å². The van der Waals surface area contributed by atoms with Gasteiger partial charge in [-0.1, -0.05) is 25.5 Å². The highest BCUT2D eigenvalue weighted by atomic mass is 16.6. The van der Waals surface area contributed by atoms with E-state index in [0.717, 1.165) is 12.8 Å². The van der Waals surface area contributed by atoms with Gasteiger partial charge in [-0.2, -0.15) is 0 Å². The van der Waals surface area contributed by atoms with Gasteiger partial charge in [-0.25, -0.2) is 0 Å². The minimum atomic E-state index is -1.23. The third-order valence-electron chi connectivity index (χ3n) is 5.85. The van der Waals surface area contributed by atoms with Crippen LogP contribution in [0, 0.1) is 17.3 Å². The maximum absolute atomic E-state index is 10.7. The van der Waals surface area contributed by atoms with Gasteiger partial charge in [0.2, 0.25) is 0 Å². The van der Waals surface area contributed by atoms with Crippen molar-refractivity contribution in [3.05, 3.63) is 11.6 Å². The summed E-state index contributed by atoms with van der Waals surface area (Å²) in [6.07, 6.45) is 2.75. The SMILES string of the molecule is C[C@H]1C[C@H](O)C=C2CC[C@@H]3O[C@@H](O)[C@@](C)(O)[C@@H]3[C@@]21C. The predicted molar refractivity (Wildman–Crippen MR) is 70.2 cm³/mol. The quantitative estimate of drug-likeness (QED) is 0.577. The molecule has 1 saturated carbocycles. The summed E-state index contributed by atoms with van der Waals surface area (Å²) >= 11 is 0. The molecule has 1 heterocycles. The highest BCUT2D eigenvalue weighted by molar-refractivity contribution is 5.28. The Labute approximate surface area is 114 Å². The van der Waals surface area contributed by atoms with E-state index in [9.17, 15) is 15.3 Å². The van der Waals surface area contributed by atoms with Gasteiger partial charge in [0.1, 0.15) is 5.60 Å². The third kappa shape index (κ3) is 1.67. The smallest absolute Gasteiger partial charge is 0.184 e. The number of rotatable bonds is 0. The molecule has 0 spiro atoms. The van der Waals surface area contributed by atoms with Crippen molar-refractivity contribution in [2.75, 3.05) is 0 Å². The van der Waals surface area contributed by atoms with E-state index in [1.54, 1.807) is 6.92 Å². The van der Waals surface area contributed by atoms with Gasteiger partial charge in [0.05, 0.1) is 12.2 Å². The molecule has 3 aliphatic rings. The average Bonchev–Trinajstić information content (AvgIpc) is 2.53. The lowest BCUT2D eigenvalue weighted by atomic mass is 9.51. The largest absolute Gasteiger partial charge is 0.389 e. The number of hydrogen-bond acceptors (Lipinski definition) is 4. The Kier molecular flexibility index (Phi) is 2.88. The number of hydrogen-bond donors (Lipinski definition) is 3. The molecule has 0 aromatic rings. The number of ether oxygens (including phenoxy) is 1. The molecule has 0 aromatic heterocycles. The van der Waals surface area contributed by atoms with Gasteiger partial charge < -0.3 is 20.1 Å². The van der Waals surface area contributed by atoms with Crippen LogP contribution in [0.5, 0.6) is 0 Å². The van der Waals surface area contributed by atoms with Crippen LogP contribution in [0.15, 0.2) is 11.6 Å². The monoisotopic (exact) mass is 268 g/mol. The molecule has 1 aliphatic heterocycles. The first-order chi connectivity index (χ1) is 8.77. The number of aliphatic hydroxyl groups excluding tert-OH is 2. The molecule has 3 N–H and O–H groups in total. The van der Waals surface area contributed by atoms with Crippen molar-refractivity contribution in [1.29, 1.82) is 0 Å². The van der Waals surface area contributed by atoms with Crippen molar-refractivity contribution in [2.24, 2.45) is 17.3 Å². The van der Waals surface area contributed by atoms with Gasteiger partial charge in [0, 0.05) is 5.92 Å². The van der Waals surface area contributed by atoms with E-state index in [-0.39, 0.29) is 29.5 Å². The first-order valence-corrected chi connectivity index (χ1v) is 7.23. The fourth-order valence-corrected chi connectivity index (χ4v) is 4.70. The summed E-state index contributed by atoms with van der Waals surface area (Å²) in [5.41, 5.74) is -0.212. The van der Waals surface area contributed by atoms with Crippen molar-refractivity contribution in [3.8, 4) is 0 Å². The van der Waals surface area contributed by atoms with E-state index in [4.69, 9.17) is 4.74 Å². The van der Waals surface area contributed by atoms with Crippen LogP contribution in [0.4, 0.5) is 0 Å². The number of allylic oxidation sites excluding steroid dienone is 1. The molecule has 0 aromatic carbocycles. The zero-order valence-electron chi connectivity index (χ0n) is 11.8. The maximum Gasteiger partial charge on any atom is 0.184 e. The van der Waals surface area contributed by atoms with Gasteiger partial charge in [-0.15, -0.1) is 0 Å². The summed E-state index contributed by atoms with van der Waals surface area (Å²) in [4.78, 5) is 0. The molecule has 19 heavy (non-hydrogen) atoms. The summed E-state index contributed by atoms with van der Waals surface area (Å²) in [6, 6.07) is 0. The molecular formula is C15H24O4. The molecular weight excluding hydrogens is 244 g/mol. The minimum Gasteiger partial charge on any atom is -0.389 e. The van der Waals surface area contributed by atoms with Crippen LogP contribution < -0.4 is 0 Å². The van der Waals surface area contributed by atoms with Crippen molar-refractivity contribution in [1.82, 2.24) is 0 Å².